The first kappa shape index (κ1) is 9.33. The summed E-state index contributed by atoms with van der Waals surface area (Å²) in [7, 11) is 0. The number of rotatable bonds is 5. The fourth-order valence-corrected chi connectivity index (χ4v) is 1.86. The predicted molar refractivity (Wildman–Crippen MR) is 53.2 cm³/mol. The predicted octanol–water partition coefficient (Wildman–Crippen LogP) is 1.34. The highest BCUT2D eigenvalue weighted by atomic mass is 16.5. The van der Waals surface area contributed by atoms with Gasteiger partial charge in [0.2, 0.25) is 5.89 Å². The molecule has 2 saturated carbocycles. The van der Waals surface area contributed by atoms with Crippen LogP contribution >= 0.6 is 0 Å². The normalized spacial score (nSPS) is 23.0. The lowest BCUT2D eigenvalue weighted by Gasteiger charge is -2.03. The lowest BCUT2D eigenvalue weighted by Crippen LogP contribution is -2.12. The zero-order valence-corrected chi connectivity index (χ0v) is 8.72. The van der Waals surface area contributed by atoms with Crippen LogP contribution in [-0.4, -0.2) is 21.4 Å². The van der Waals surface area contributed by atoms with Crippen molar-refractivity contribution in [2.24, 2.45) is 11.8 Å². The van der Waals surface area contributed by atoms with Crippen LogP contribution in [0.5, 0.6) is 0 Å². The maximum Gasteiger partial charge on any atom is 0.229 e. The average Bonchev–Trinajstić information content (AvgIpc) is 3.08. The van der Waals surface area contributed by atoms with Gasteiger partial charge in [-0.2, -0.15) is 4.98 Å². The lowest BCUT2D eigenvalue weighted by molar-refractivity contribution is 0.140. The van der Waals surface area contributed by atoms with Crippen molar-refractivity contribution in [1.82, 2.24) is 10.1 Å². The van der Waals surface area contributed by atoms with Gasteiger partial charge in [0.25, 0.3) is 0 Å². The molecule has 1 aromatic heterocycles. The molecule has 0 aromatic carbocycles. The molecule has 0 saturated heterocycles. The minimum absolute atomic E-state index is 0.278. The average molecular weight is 208 g/mol. The second-order valence-corrected chi connectivity index (χ2v) is 4.86. The third-order valence-electron chi connectivity index (χ3n) is 3.23. The minimum atomic E-state index is -0.278. The van der Waals surface area contributed by atoms with Crippen molar-refractivity contribution in [2.75, 3.05) is 0 Å². The number of nitrogens with zero attached hydrogens (tertiary/aromatic N) is 2. The van der Waals surface area contributed by atoms with Crippen molar-refractivity contribution in [2.45, 2.75) is 44.6 Å². The fourth-order valence-electron chi connectivity index (χ4n) is 1.86. The van der Waals surface area contributed by atoms with Crippen molar-refractivity contribution in [1.29, 1.82) is 0 Å². The molecular formula is C11H16N2O2. The minimum Gasteiger partial charge on any atom is -0.392 e. The monoisotopic (exact) mass is 208 g/mol. The van der Waals surface area contributed by atoms with E-state index in [0.29, 0.717) is 18.2 Å². The maximum absolute atomic E-state index is 9.72. The van der Waals surface area contributed by atoms with Gasteiger partial charge >= 0.3 is 0 Å². The standard InChI is InChI=1S/C11H16N2O2/c14-9(8-3-4-8)6-11-12-10(13-15-11)5-7-1-2-7/h7-9,14H,1-6H2. The van der Waals surface area contributed by atoms with E-state index in [1.54, 1.807) is 0 Å². The molecule has 3 rings (SSSR count). The molecule has 1 N–H and O–H groups in total. The molecule has 4 heteroatoms. The number of aliphatic hydroxyl groups excluding tert-OH is 1. The number of aliphatic hydroxyl groups is 1. The first-order valence-electron chi connectivity index (χ1n) is 5.81. The van der Waals surface area contributed by atoms with Gasteiger partial charge in [0, 0.05) is 6.42 Å². The number of hydrogen-bond donors (Lipinski definition) is 1. The third-order valence-corrected chi connectivity index (χ3v) is 3.23. The van der Waals surface area contributed by atoms with Crippen LogP contribution < -0.4 is 0 Å². The van der Waals surface area contributed by atoms with Crippen LogP contribution in [0.4, 0.5) is 0 Å². The smallest absolute Gasteiger partial charge is 0.229 e. The Bertz CT molecular complexity index is 342. The highest BCUT2D eigenvalue weighted by molar-refractivity contribution is 4.94. The molecule has 82 valence electrons. The molecular weight excluding hydrogens is 192 g/mol. The van der Waals surface area contributed by atoms with Gasteiger partial charge in [0.1, 0.15) is 0 Å². The van der Waals surface area contributed by atoms with Crippen molar-refractivity contribution in [3.05, 3.63) is 11.7 Å². The largest absolute Gasteiger partial charge is 0.392 e. The molecule has 0 bridgehead atoms. The SMILES string of the molecule is OC(Cc1nc(CC2CC2)no1)C1CC1. The van der Waals surface area contributed by atoms with Crippen LogP contribution in [0.25, 0.3) is 0 Å². The molecule has 0 spiro atoms. The fraction of sp³-hybridized carbons (Fsp3) is 0.818. The van der Waals surface area contributed by atoms with E-state index in [2.05, 4.69) is 10.1 Å². The zero-order valence-electron chi connectivity index (χ0n) is 8.72. The van der Waals surface area contributed by atoms with Gasteiger partial charge in [-0.1, -0.05) is 5.16 Å². The van der Waals surface area contributed by atoms with E-state index in [9.17, 15) is 5.11 Å². The Balaban J connectivity index is 1.56. The molecule has 1 heterocycles. The van der Waals surface area contributed by atoms with Gasteiger partial charge in [-0.3, -0.25) is 0 Å². The molecule has 15 heavy (non-hydrogen) atoms. The molecule has 2 aliphatic rings. The first-order valence-corrected chi connectivity index (χ1v) is 5.81. The summed E-state index contributed by atoms with van der Waals surface area (Å²) in [5.74, 6) is 2.67. The van der Waals surface area contributed by atoms with Gasteiger partial charge in [-0.15, -0.1) is 0 Å². The van der Waals surface area contributed by atoms with Gasteiger partial charge in [-0.25, -0.2) is 0 Å². The Hall–Kier alpha value is -0.900. The second-order valence-electron chi connectivity index (χ2n) is 4.86. The Kier molecular flexibility index (Phi) is 2.24. The van der Waals surface area contributed by atoms with E-state index in [0.717, 1.165) is 31.0 Å². The Labute approximate surface area is 88.7 Å². The van der Waals surface area contributed by atoms with Crippen molar-refractivity contribution in [3.8, 4) is 0 Å². The summed E-state index contributed by atoms with van der Waals surface area (Å²) in [6.45, 7) is 0. The number of aromatic nitrogens is 2. The topological polar surface area (TPSA) is 59.2 Å². The summed E-state index contributed by atoms with van der Waals surface area (Å²) in [4.78, 5) is 4.30. The third kappa shape index (κ3) is 2.37. The van der Waals surface area contributed by atoms with E-state index in [1.807, 2.05) is 0 Å². The molecule has 2 fully saturated rings. The summed E-state index contributed by atoms with van der Waals surface area (Å²) in [6.07, 6.45) is 6.09. The van der Waals surface area contributed by atoms with Gasteiger partial charge in [0.05, 0.1) is 12.5 Å². The van der Waals surface area contributed by atoms with E-state index < -0.39 is 0 Å². The highest BCUT2D eigenvalue weighted by Gasteiger charge is 2.31. The van der Waals surface area contributed by atoms with Gasteiger partial charge in [0.15, 0.2) is 5.82 Å². The van der Waals surface area contributed by atoms with E-state index in [-0.39, 0.29) is 6.10 Å². The van der Waals surface area contributed by atoms with E-state index >= 15 is 0 Å². The van der Waals surface area contributed by atoms with Crippen LogP contribution in [0.15, 0.2) is 4.52 Å². The summed E-state index contributed by atoms with van der Waals surface area (Å²) >= 11 is 0. The van der Waals surface area contributed by atoms with Crippen LogP contribution in [-0.2, 0) is 12.8 Å². The quantitative estimate of drug-likeness (QED) is 0.793. The summed E-state index contributed by atoms with van der Waals surface area (Å²) in [5.41, 5.74) is 0. The maximum atomic E-state index is 9.72. The number of hydrogen-bond acceptors (Lipinski definition) is 4. The van der Waals surface area contributed by atoms with Crippen LogP contribution in [0, 0.1) is 11.8 Å². The Morgan fingerprint density at radius 2 is 2.13 bits per heavy atom. The molecule has 4 nitrogen and oxygen atoms in total. The first-order chi connectivity index (χ1) is 7.31. The van der Waals surface area contributed by atoms with Crippen LogP contribution in [0.3, 0.4) is 0 Å². The molecule has 1 unspecified atom stereocenters. The molecule has 0 aliphatic heterocycles. The van der Waals surface area contributed by atoms with Gasteiger partial charge < -0.3 is 9.63 Å². The van der Waals surface area contributed by atoms with E-state index in [4.69, 9.17) is 4.52 Å². The highest BCUT2D eigenvalue weighted by Crippen LogP contribution is 2.34. The second kappa shape index (κ2) is 3.59. The van der Waals surface area contributed by atoms with E-state index in [1.165, 1.54) is 12.8 Å². The van der Waals surface area contributed by atoms with Crippen LogP contribution in [0.1, 0.15) is 37.4 Å². The summed E-state index contributed by atoms with van der Waals surface area (Å²) in [5, 5.41) is 13.7. The Morgan fingerprint density at radius 3 is 2.80 bits per heavy atom. The Morgan fingerprint density at radius 1 is 1.33 bits per heavy atom. The lowest BCUT2D eigenvalue weighted by atomic mass is 10.2. The summed E-state index contributed by atoms with van der Waals surface area (Å²) in [6, 6.07) is 0. The van der Waals surface area contributed by atoms with Gasteiger partial charge in [-0.05, 0) is 37.5 Å². The van der Waals surface area contributed by atoms with Crippen molar-refractivity contribution < 1.29 is 9.63 Å². The molecule has 0 amide bonds. The molecule has 1 atom stereocenters. The zero-order chi connectivity index (χ0) is 10.3. The van der Waals surface area contributed by atoms with Crippen LogP contribution in [0.2, 0.25) is 0 Å². The molecule has 2 aliphatic carbocycles. The van der Waals surface area contributed by atoms with Crippen molar-refractivity contribution in [3.63, 3.8) is 0 Å². The molecule has 1 aromatic rings. The van der Waals surface area contributed by atoms with Crippen molar-refractivity contribution >= 4 is 0 Å². The summed E-state index contributed by atoms with van der Waals surface area (Å²) < 4.78 is 5.12. The molecule has 0 radical (unpaired) electrons.